The van der Waals surface area contributed by atoms with Gasteiger partial charge in [-0.05, 0) is 6.42 Å². The molecule has 0 fully saturated rings. The lowest BCUT2D eigenvalue weighted by Gasteiger charge is -2.06. The third kappa shape index (κ3) is 12.5. The molecule has 122 valence electrons. The Labute approximate surface area is 119 Å². The van der Waals surface area contributed by atoms with E-state index < -0.39 is 48.4 Å². The molecule has 21 heavy (non-hydrogen) atoms. The van der Waals surface area contributed by atoms with E-state index in [1.165, 1.54) is 0 Å². The molecule has 0 unspecified atom stereocenters. The predicted molar refractivity (Wildman–Crippen MR) is 68.4 cm³/mol. The van der Waals surface area contributed by atoms with Crippen molar-refractivity contribution in [3.05, 3.63) is 0 Å². The molecular weight excluding hydrogens is 291 g/mol. The maximum absolute atomic E-state index is 12.3. The molecule has 0 aromatic rings. The molecule has 0 aromatic carbocycles. The van der Waals surface area contributed by atoms with Gasteiger partial charge in [-0.25, -0.2) is 4.39 Å². The Kier molecular flexibility index (Phi) is 10.5. The summed E-state index contributed by atoms with van der Waals surface area (Å²) >= 11 is 0. The first-order valence-electron chi connectivity index (χ1n) is 5.67. The maximum atomic E-state index is 12.3. The minimum Gasteiger partial charge on any atom is -0.480 e. The second kappa shape index (κ2) is 10.5. The van der Waals surface area contributed by atoms with E-state index in [1.807, 2.05) is 0 Å². The SMILES string of the molecule is NC(=O)CC[C@@H](N)C(=O)O.NC(=O)[C@H](F)C[C@@H](N)C(=O)O. The zero-order valence-electron chi connectivity index (χ0n) is 11.1. The van der Waals surface area contributed by atoms with Gasteiger partial charge < -0.3 is 33.1 Å². The molecule has 0 saturated carbocycles. The van der Waals surface area contributed by atoms with Gasteiger partial charge in [-0.15, -0.1) is 0 Å². The summed E-state index contributed by atoms with van der Waals surface area (Å²) in [5.74, 6) is -4.19. The highest BCUT2D eigenvalue weighted by Gasteiger charge is 2.21. The lowest BCUT2D eigenvalue weighted by Crippen LogP contribution is -2.37. The summed E-state index contributed by atoms with van der Waals surface area (Å²) in [6.07, 6.45) is -2.44. The fraction of sp³-hybridized carbons (Fsp3) is 0.600. The van der Waals surface area contributed by atoms with Gasteiger partial charge in [0.1, 0.15) is 12.1 Å². The smallest absolute Gasteiger partial charge is 0.320 e. The average Bonchev–Trinajstić information content (AvgIpc) is 2.35. The minimum atomic E-state index is -1.99. The molecule has 0 spiro atoms. The summed E-state index contributed by atoms with van der Waals surface area (Å²) in [6, 6.07) is -2.36. The first-order valence-corrected chi connectivity index (χ1v) is 5.67. The van der Waals surface area contributed by atoms with Gasteiger partial charge >= 0.3 is 11.9 Å². The van der Waals surface area contributed by atoms with Crippen molar-refractivity contribution >= 4 is 23.8 Å². The van der Waals surface area contributed by atoms with Crippen LogP contribution in [0.4, 0.5) is 4.39 Å². The highest BCUT2D eigenvalue weighted by molar-refractivity contribution is 5.80. The largest absolute Gasteiger partial charge is 0.480 e. The molecule has 3 atom stereocenters. The van der Waals surface area contributed by atoms with Crippen molar-refractivity contribution in [2.45, 2.75) is 37.5 Å². The third-order valence-electron chi connectivity index (χ3n) is 2.11. The number of nitrogens with two attached hydrogens (primary N) is 4. The molecule has 0 aromatic heterocycles. The van der Waals surface area contributed by atoms with Crippen molar-refractivity contribution in [3.63, 3.8) is 0 Å². The van der Waals surface area contributed by atoms with Crippen molar-refractivity contribution in [1.82, 2.24) is 0 Å². The Hall–Kier alpha value is -2.27. The number of aliphatic carboxylic acids is 2. The fourth-order valence-electron chi connectivity index (χ4n) is 0.861. The first kappa shape index (κ1) is 21.0. The molecule has 0 heterocycles. The van der Waals surface area contributed by atoms with E-state index in [1.54, 1.807) is 0 Å². The van der Waals surface area contributed by atoms with E-state index in [4.69, 9.17) is 27.4 Å². The van der Waals surface area contributed by atoms with Gasteiger partial charge in [0.25, 0.3) is 5.91 Å². The highest BCUT2D eigenvalue weighted by Crippen LogP contribution is 1.99. The van der Waals surface area contributed by atoms with Crippen LogP contribution in [-0.2, 0) is 19.2 Å². The summed E-state index contributed by atoms with van der Waals surface area (Å²) < 4.78 is 12.3. The van der Waals surface area contributed by atoms with Crippen LogP contribution >= 0.6 is 0 Å². The van der Waals surface area contributed by atoms with Crippen LogP contribution in [0.25, 0.3) is 0 Å². The van der Waals surface area contributed by atoms with Crippen LogP contribution in [0.15, 0.2) is 0 Å². The van der Waals surface area contributed by atoms with Crippen LogP contribution in [0.1, 0.15) is 19.3 Å². The standard InChI is InChI=1S/C5H9FN2O3.C5H10N2O3/c6-2(4(8)9)1-3(7)5(10)11;6-3(5(9)10)1-2-4(7)8/h2-3H,1,7H2,(H2,8,9)(H,10,11);3H,1-2,6H2,(H2,7,8)(H,9,10)/t2-,3-;3-/m11/s1. The Bertz CT molecular complexity index is 374. The summed E-state index contributed by atoms with van der Waals surface area (Å²) in [7, 11) is 0. The number of carbonyl (C=O) groups excluding carboxylic acids is 2. The first-order chi connectivity index (χ1) is 9.48. The molecular formula is C10H19FN4O6. The lowest BCUT2D eigenvalue weighted by atomic mass is 10.1. The molecule has 10 N–H and O–H groups in total. The topological polar surface area (TPSA) is 213 Å². The number of carbonyl (C=O) groups is 4. The van der Waals surface area contributed by atoms with Crippen molar-refractivity contribution < 1.29 is 33.8 Å². The number of primary amides is 2. The quantitative estimate of drug-likeness (QED) is 0.276. The predicted octanol–water partition coefficient (Wildman–Crippen LogP) is -2.72. The molecule has 0 bridgehead atoms. The molecule has 0 aliphatic carbocycles. The van der Waals surface area contributed by atoms with Crippen molar-refractivity contribution in [3.8, 4) is 0 Å². The van der Waals surface area contributed by atoms with Gasteiger partial charge in [-0.1, -0.05) is 0 Å². The van der Waals surface area contributed by atoms with E-state index in [-0.39, 0.29) is 12.8 Å². The van der Waals surface area contributed by atoms with Crippen LogP contribution in [0.3, 0.4) is 0 Å². The Balaban J connectivity index is 0. The maximum Gasteiger partial charge on any atom is 0.320 e. The summed E-state index contributed by atoms with van der Waals surface area (Å²) in [4.78, 5) is 40.2. The van der Waals surface area contributed by atoms with Crippen LogP contribution in [-0.4, -0.2) is 52.2 Å². The van der Waals surface area contributed by atoms with E-state index in [9.17, 15) is 23.6 Å². The second-order valence-corrected chi connectivity index (χ2v) is 4.00. The number of carboxylic acid groups (broad SMARTS) is 2. The van der Waals surface area contributed by atoms with E-state index >= 15 is 0 Å². The zero-order valence-corrected chi connectivity index (χ0v) is 11.1. The Morgan fingerprint density at radius 1 is 0.952 bits per heavy atom. The van der Waals surface area contributed by atoms with Crippen LogP contribution in [0.5, 0.6) is 0 Å². The Morgan fingerprint density at radius 2 is 1.38 bits per heavy atom. The van der Waals surface area contributed by atoms with Crippen LogP contribution < -0.4 is 22.9 Å². The van der Waals surface area contributed by atoms with E-state index in [0.29, 0.717) is 0 Å². The number of hydrogen-bond donors (Lipinski definition) is 6. The summed E-state index contributed by atoms with van der Waals surface area (Å²) in [5, 5.41) is 16.4. The molecule has 11 heteroatoms. The Morgan fingerprint density at radius 3 is 1.67 bits per heavy atom. The number of alkyl halides is 1. The second-order valence-electron chi connectivity index (χ2n) is 4.00. The van der Waals surface area contributed by atoms with Gasteiger partial charge in [0.05, 0.1) is 0 Å². The number of carboxylic acids is 2. The minimum absolute atomic E-state index is 0.0213. The van der Waals surface area contributed by atoms with Gasteiger partial charge in [0.2, 0.25) is 5.91 Å². The highest BCUT2D eigenvalue weighted by atomic mass is 19.1. The van der Waals surface area contributed by atoms with Gasteiger partial charge in [-0.2, -0.15) is 0 Å². The zero-order chi connectivity index (χ0) is 17.2. The van der Waals surface area contributed by atoms with Crippen molar-refractivity contribution in [2.75, 3.05) is 0 Å². The number of hydrogen-bond acceptors (Lipinski definition) is 6. The van der Waals surface area contributed by atoms with Crippen LogP contribution in [0, 0.1) is 0 Å². The normalized spacial score (nSPS) is 14.0. The lowest BCUT2D eigenvalue weighted by molar-refractivity contribution is -0.140. The number of amides is 2. The monoisotopic (exact) mass is 310 g/mol. The molecule has 0 aliphatic rings. The van der Waals surface area contributed by atoms with E-state index in [2.05, 4.69) is 5.73 Å². The number of rotatable bonds is 8. The molecule has 0 radical (unpaired) electrons. The van der Waals surface area contributed by atoms with Gasteiger partial charge in [0, 0.05) is 12.8 Å². The number of halogens is 1. The van der Waals surface area contributed by atoms with Crippen molar-refractivity contribution in [2.24, 2.45) is 22.9 Å². The van der Waals surface area contributed by atoms with Gasteiger partial charge in [-0.3, -0.25) is 19.2 Å². The third-order valence-corrected chi connectivity index (χ3v) is 2.11. The molecule has 2 amide bonds. The fourth-order valence-corrected chi connectivity index (χ4v) is 0.861. The average molecular weight is 310 g/mol. The summed E-state index contributed by atoms with van der Waals surface area (Å²) in [5.41, 5.74) is 19.2. The molecule has 0 aliphatic heterocycles. The summed E-state index contributed by atoms with van der Waals surface area (Å²) in [6.45, 7) is 0. The van der Waals surface area contributed by atoms with E-state index in [0.717, 1.165) is 0 Å². The van der Waals surface area contributed by atoms with Crippen LogP contribution in [0.2, 0.25) is 0 Å². The van der Waals surface area contributed by atoms with Gasteiger partial charge in [0.15, 0.2) is 6.17 Å². The molecule has 0 rings (SSSR count). The molecule has 0 saturated heterocycles. The van der Waals surface area contributed by atoms with Crippen molar-refractivity contribution in [1.29, 1.82) is 0 Å². The molecule has 10 nitrogen and oxygen atoms in total.